The topological polar surface area (TPSA) is 121 Å². The third-order valence-corrected chi connectivity index (χ3v) is 5.00. The number of para-hydroxylation sites is 1. The van der Waals surface area contributed by atoms with Gasteiger partial charge >= 0.3 is 5.97 Å². The Kier molecular flexibility index (Phi) is 7.39. The number of rotatable bonds is 8. The van der Waals surface area contributed by atoms with Crippen molar-refractivity contribution in [2.45, 2.75) is 17.7 Å². The maximum atomic E-state index is 12.4. The molecular weight excluding hydrogens is 422 g/mol. The molecule has 3 aromatic rings. The van der Waals surface area contributed by atoms with Crippen LogP contribution in [-0.2, 0) is 15.3 Å². The van der Waals surface area contributed by atoms with Crippen LogP contribution in [0.25, 0.3) is 0 Å². The normalized spacial score (nSPS) is 10.4. The van der Waals surface area contributed by atoms with Gasteiger partial charge in [0.1, 0.15) is 16.5 Å². The number of esters is 1. The van der Waals surface area contributed by atoms with Gasteiger partial charge in [-0.2, -0.15) is 0 Å². The molecule has 1 N–H and O–H groups in total. The maximum Gasteiger partial charge on any atom is 0.341 e. The predicted octanol–water partition coefficient (Wildman–Crippen LogP) is 2.79. The van der Waals surface area contributed by atoms with Crippen LogP contribution in [0.15, 0.2) is 58.2 Å². The van der Waals surface area contributed by atoms with E-state index in [2.05, 4.69) is 15.5 Å². The molecular formula is C21H19N3O6S. The van der Waals surface area contributed by atoms with Crippen LogP contribution in [0, 0.1) is 6.92 Å². The van der Waals surface area contributed by atoms with Gasteiger partial charge in [-0.05, 0) is 31.2 Å². The fraction of sp³-hybridized carbons (Fsp3) is 0.190. The van der Waals surface area contributed by atoms with Crippen LogP contribution >= 0.6 is 11.8 Å². The second-order valence-corrected chi connectivity index (χ2v) is 7.19. The molecule has 3 rings (SSSR count). The molecule has 1 aromatic carbocycles. The van der Waals surface area contributed by atoms with Crippen LogP contribution in [0.1, 0.15) is 32.2 Å². The summed E-state index contributed by atoms with van der Waals surface area (Å²) < 4.78 is 15.2. The summed E-state index contributed by atoms with van der Waals surface area (Å²) in [6, 6.07) is 11.4. The van der Waals surface area contributed by atoms with E-state index in [-0.39, 0.29) is 11.1 Å². The molecule has 0 saturated heterocycles. The number of pyridine rings is 1. The lowest BCUT2D eigenvalue weighted by atomic mass is 10.2. The Hall–Kier alpha value is -3.66. The predicted molar refractivity (Wildman–Crippen MR) is 111 cm³/mol. The lowest BCUT2D eigenvalue weighted by Gasteiger charge is -2.09. The van der Waals surface area contributed by atoms with Crippen molar-refractivity contribution in [3.8, 4) is 5.75 Å². The summed E-state index contributed by atoms with van der Waals surface area (Å²) in [7, 11) is 1.42. The quantitative estimate of drug-likeness (QED) is 0.415. The Balaban J connectivity index is 1.56. The number of imide groups is 1. The van der Waals surface area contributed by atoms with Gasteiger partial charge in [-0.25, -0.2) is 9.78 Å². The van der Waals surface area contributed by atoms with Crippen molar-refractivity contribution in [2.75, 3.05) is 13.7 Å². The monoisotopic (exact) mass is 441 g/mol. The number of thioether (sulfide) groups is 1. The minimum atomic E-state index is -0.763. The van der Waals surface area contributed by atoms with Crippen LogP contribution < -0.4 is 10.1 Å². The summed E-state index contributed by atoms with van der Waals surface area (Å²) in [6.45, 7) is 1.16. The van der Waals surface area contributed by atoms with Crippen molar-refractivity contribution < 1.29 is 28.4 Å². The van der Waals surface area contributed by atoms with E-state index in [1.807, 2.05) is 0 Å². The number of nitrogens with zero attached hydrogens (tertiary/aromatic N) is 2. The van der Waals surface area contributed by atoms with E-state index in [1.54, 1.807) is 49.5 Å². The molecule has 0 fully saturated rings. The van der Waals surface area contributed by atoms with Crippen LogP contribution in [0.3, 0.4) is 0 Å². The Morgan fingerprint density at radius 1 is 1.13 bits per heavy atom. The molecule has 2 aromatic heterocycles. The standard InChI is InChI=1S/C21H19N3O6S/c1-13-10-14(24-30-13)12-31-20-16(7-5-9-22-20)21(27)29-11-18(25)23-19(26)15-6-3-4-8-17(15)28-2/h3-10H,11-12H2,1-2H3,(H,23,25,26). The largest absolute Gasteiger partial charge is 0.496 e. The maximum absolute atomic E-state index is 12.4. The molecule has 0 bridgehead atoms. The number of aryl methyl sites for hydroxylation is 1. The summed E-state index contributed by atoms with van der Waals surface area (Å²) >= 11 is 1.29. The van der Waals surface area contributed by atoms with Gasteiger partial charge in [-0.1, -0.05) is 29.1 Å². The second kappa shape index (κ2) is 10.4. The number of carbonyl (C=O) groups is 3. The number of benzene rings is 1. The van der Waals surface area contributed by atoms with Gasteiger partial charge in [-0.15, -0.1) is 0 Å². The van der Waals surface area contributed by atoms with Crippen LogP contribution in [0.4, 0.5) is 0 Å². The molecule has 0 radical (unpaired) electrons. The molecule has 0 unspecified atom stereocenters. The molecule has 0 spiro atoms. The molecule has 31 heavy (non-hydrogen) atoms. The SMILES string of the molecule is COc1ccccc1C(=O)NC(=O)COC(=O)c1cccnc1SCc1cc(C)on1. The highest BCUT2D eigenvalue weighted by atomic mass is 32.2. The van der Waals surface area contributed by atoms with Gasteiger partial charge in [-0.3, -0.25) is 14.9 Å². The number of carbonyl (C=O) groups excluding carboxylic acids is 3. The van der Waals surface area contributed by atoms with Gasteiger partial charge in [0.2, 0.25) is 0 Å². The lowest BCUT2D eigenvalue weighted by molar-refractivity contribution is -0.123. The summed E-state index contributed by atoms with van der Waals surface area (Å²) in [5.41, 5.74) is 1.11. The number of aromatic nitrogens is 2. The van der Waals surface area contributed by atoms with Crippen molar-refractivity contribution in [3.05, 3.63) is 71.2 Å². The summed E-state index contributed by atoms with van der Waals surface area (Å²) in [5.74, 6) is -0.692. The zero-order valence-electron chi connectivity index (χ0n) is 16.8. The van der Waals surface area contributed by atoms with E-state index in [1.165, 1.54) is 24.9 Å². The van der Waals surface area contributed by atoms with Crippen LogP contribution in [0.2, 0.25) is 0 Å². The first-order valence-corrected chi connectivity index (χ1v) is 10.1. The van der Waals surface area contributed by atoms with Gasteiger partial charge in [0.25, 0.3) is 11.8 Å². The fourth-order valence-corrected chi connectivity index (χ4v) is 3.42. The highest BCUT2D eigenvalue weighted by Gasteiger charge is 2.19. The van der Waals surface area contributed by atoms with Crippen molar-refractivity contribution in [2.24, 2.45) is 0 Å². The van der Waals surface area contributed by atoms with E-state index >= 15 is 0 Å². The van der Waals surface area contributed by atoms with Crippen LogP contribution in [-0.4, -0.2) is 41.6 Å². The first-order valence-electron chi connectivity index (χ1n) is 9.12. The van der Waals surface area contributed by atoms with Crippen molar-refractivity contribution in [1.29, 1.82) is 0 Å². The number of ether oxygens (including phenoxy) is 2. The summed E-state index contributed by atoms with van der Waals surface area (Å²) in [5, 5.41) is 6.49. The van der Waals surface area contributed by atoms with Gasteiger partial charge < -0.3 is 14.0 Å². The molecule has 2 heterocycles. The molecule has 0 atom stereocenters. The van der Waals surface area contributed by atoms with E-state index in [0.29, 0.717) is 28.0 Å². The third kappa shape index (κ3) is 5.92. The lowest BCUT2D eigenvalue weighted by Crippen LogP contribution is -2.34. The molecule has 9 nitrogen and oxygen atoms in total. The molecule has 160 valence electrons. The average Bonchev–Trinajstić information content (AvgIpc) is 3.21. The Labute approximate surface area is 182 Å². The molecule has 0 aliphatic carbocycles. The molecule has 0 aliphatic heterocycles. The summed E-state index contributed by atoms with van der Waals surface area (Å²) in [6.07, 6.45) is 1.55. The van der Waals surface area contributed by atoms with E-state index < -0.39 is 24.4 Å². The molecule has 2 amide bonds. The fourth-order valence-electron chi connectivity index (χ4n) is 2.56. The minimum Gasteiger partial charge on any atom is -0.496 e. The zero-order valence-corrected chi connectivity index (χ0v) is 17.6. The number of amides is 2. The first-order chi connectivity index (χ1) is 15.0. The van der Waals surface area contributed by atoms with E-state index in [9.17, 15) is 14.4 Å². The Morgan fingerprint density at radius 3 is 2.65 bits per heavy atom. The number of hydrogen-bond acceptors (Lipinski definition) is 9. The molecule has 0 aliphatic rings. The second-order valence-electron chi connectivity index (χ2n) is 6.23. The number of hydrogen-bond donors (Lipinski definition) is 1. The van der Waals surface area contributed by atoms with Crippen LogP contribution in [0.5, 0.6) is 5.75 Å². The van der Waals surface area contributed by atoms with E-state index in [0.717, 1.165) is 0 Å². The van der Waals surface area contributed by atoms with Crippen molar-refractivity contribution in [1.82, 2.24) is 15.5 Å². The van der Waals surface area contributed by atoms with Gasteiger partial charge in [0.15, 0.2) is 6.61 Å². The minimum absolute atomic E-state index is 0.193. The third-order valence-electron chi connectivity index (χ3n) is 3.96. The highest BCUT2D eigenvalue weighted by molar-refractivity contribution is 7.98. The zero-order chi connectivity index (χ0) is 22.2. The average molecular weight is 441 g/mol. The molecule has 10 heteroatoms. The number of methoxy groups -OCH3 is 1. The Morgan fingerprint density at radius 2 is 1.90 bits per heavy atom. The molecule has 0 saturated carbocycles. The van der Waals surface area contributed by atoms with Gasteiger partial charge in [0.05, 0.1) is 23.9 Å². The van der Waals surface area contributed by atoms with Crippen molar-refractivity contribution >= 4 is 29.5 Å². The Bertz CT molecular complexity index is 1100. The summed E-state index contributed by atoms with van der Waals surface area (Å²) in [4.78, 5) is 41.0. The number of nitrogens with one attached hydrogen (secondary N) is 1. The first kappa shape index (κ1) is 22.0. The van der Waals surface area contributed by atoms with E-state index in [4.69, 9.17) is 14.0 Å². The highest BCUT2D eigenvalue weighted by Crippen LogP contribution is 2.24. The smallest absolute Gasteiger partial charge is 0.341 e. The van der Waals surface area contributed by atoms with Crippen molar-refractivity contribution in [3.63, 3.8) is 0 Å². The van der Waals surface area contributed by atoms with Gasteiger partial charge in [0, 0.05) is 18.0 Å².